The monoisotopic (exact) mass is 413 g/mol. The average Bonchev–Trinajstić information content (AvgIpc) is 2.79. The number of anilines is 1. The molecular weight excluding hydrogens is 391 g/mol. The summed E-state index contributed by atoms with van der Waals surface area (Å²) in [6, 6.07) is 14.1. The van der Waals surface area contributed by atoms with Crippen LogP contribution >= 0.6 is 0 Å². The maximum atomic E-state index is 13.3. The molecule has 2 heterocycles. The summed E-state index contributed by atoms with van der Waals surface area (Å²) in [6.45, 7) is 1.51. The van der Waals surface area contributed by atoms with Crippen LogP contribution in [0.5, 0.6) is 0 Å². The van der Waals surface area contributed by atoms with Crippen molar-refractivity contribution in [3.63, 3.8) is 0 Å². The van der Waals surface area contributed by atoms with Crippen molar-refractivity contribution in [3.8, 4) is 11.1 Å². The van der Waals surface area contributed by atoms with Crippen LogP contribution in [0, 0.1) is 5.92 Å². The number of hydrogen-bond donors (Lipinski definition) is 1. The summed E-state index contributed by atoms with van der Waals surface area (Å²) < 4.78 is 39.9. The Morgan fingerprint density at radius 3 is 2.17 bits per heavy atom. The lowest BCUT2D eigenvalue weighted by Crippen LogP contribution is -2.36. The second kappa shape index (κ2) is 8.44. The lowest BCUT2D eigenvalue weighted by atomic mass is 9.87. The van der Waals surface area contributed by atoms with Crippen molar-refractivity contribution in [1.82, 2.24) is 9.97 Å². The minimum atomic E-state index is -4.41. The van der Waals surface area contributed by atoms with E-state index in [4.69, 9.17) is 0 Å². The molecule has 3 aromatic rings. The molecule has 1 aliphatic rings. The molecule has 0 saturated carbocycles. The Labute approximate surface area is 173 Å². The number of halogens is 3. The van der Waals surface area contributed by atoms with Crippen molar-refractivity contribution in [1.29, 1.82) is 0 Å². The molecule has 30 heavy (non-hydrogen) atoms. The first-order chi connectivity index (χ1) is 14.4. The minimum Gasteiger partial charge on any atom is -0.388 e. The van der Waals surface area contributed by atoms with E-state index in [1.54, 1.807) is 48.8 Å². The zero-order valence-corrected chi connectivity index (χ0v) is 16.3. The maximum Gasteiger partial charge on any atom is 0.417 e. The van der Waals surface area contributed by atoms with Crippen molar-refractivity contribution < 1.29 is 18.3 Å². The molecule has 156 valence electrons. The second-order valence-corrected chi connectivity index (χ2v) is 7.48. The molecule has 4 rings (SSSR count). The van der Waals surface area contributed by atoms with Crippen molar-refractivity contribution in [2.24, 2.45) is 5.92 Å². The van der Waals surface area contributed by atoms with E-state index in [1.165, 1.54) is 12.1 Å². The third-order valence-corrected chi connectivity index (χ3v) is 5.62. The fraction of sp³-hybridized carbons (Fsp3) is 0.304. The molecule has 1 unspecified atom stereocenters. The van der Waals surface area contributed by atoms with Crippen molar-refractivity contribution >= 4 is 5.95 Å². The first-order valence-electron chi connectivity index (χ1n) is 9.90. The Bertz CT molecular complexity index is 969. The molecule has 0 radical (unpaired) electrons. The van der Waals surface area contributed by atoms with Gasteiger partial charge in [-0.2, -0.15) is 13.2 Å². The normalized spacial score (nSPS) is 16.5. The van der Waals surface area contributed by atoms with E-state index in [0.29, 0.717) is 11.5 Å². The molecule has 7 heteroatoms. The second-order valence-electron chi connectivity index (χ2n) is 7.48. The summed E-state index contributed by atoms with van der Waals surface area (Å²) in [6.07, 6.45) is -0.0685. The average molecular weight is 413 g/mol. The Hall–Kier alpha value is -2.93. The molecule has 0 bridgehead atoms. The molecular formula is C23H22F3N3O. The van der Waals surface area contributed by atoms with E-state index in [0.717, 1.165) is 37.6 Å². The molecule has 0 aliphatic carbocycles. The zero-order chi connectivity index (χ0) is 21.1. The Morgan fingerprint density at radius 2 is 1.53 bits per heavy atom. The molecule has 0 amide bonds. The SMILES string of the molecule is OC(c1ccc(-c2ccccc2C(F)(F)F)cc1)C1CCN(c2ncccn2)CC1. The van der Waals surface area contributed by atoms with E-state index in [2.05, 4.69) is 14.9 Å². The highest BCUT2D eigenvalue weighted by atomic mass is 19.4. The molecule has 1 fully saturated rings. The molecule has 1 saturated heterocycles. The smallest absolute Gasteiger partial charge is 0.388 e. The molecule has 0 spiro atoms. The minimum absolute atomic E-state index is 0.0817. The largest absolute Gasteiger partial charge is 0.417 e. The van der Waals surface area contributed by atoms with Gasteiger partial charge >= 0.3 is 6.18 Å². The summed E-state index contributed by atoms with van der Waals surface area (Å²) in [5.41, 5.74) is 0.684. The van der Waals surface area contributed by atoms with Gasteiger partial charge in [0.25, 0.3) is 0 Å². The van der Waals surface area contributed by atoms with Crippen LogP contribution in [-0.4, -0.2) is 28.2 Å². The highest BCUT2D eigenvalue weighted by Crippen LogP contribution is 2.38. The number of aliphatic hydroxyl groups excluding tert-OH is 1. The van der Waals surface area contributed by atoms with Gasteiger partial charge in [0, 0.05) is 25.5 Å². The highest BCUT2D eigenvalue weighted by Gasteiger charge is 2.33. The van der Waals surface area contributed by atoms with Crippen molar-refractivity contribution in [2.75, 3.05) is 18.0 Å². The van der Waals surface area contributed by atoms with Crippen molar-refractivity contribution in [3.05, 3.63) is 78.1 Å². The summed E-state index contributed by atoms with van der Waals surface area (Å²) in [5.74, 6) is 0.774. The summed E-state index contributed by atoms with van der Waals surface area (Å²) in [5, 5.41) is 10.8. The van der Waals surface area contributed by atoms with Gasteiger partial charge in [0.05, 0.1) is 11.7 Å². The van der Waals surface area contributed by atoms with Gasteiger partial charge in [0.2, 0.25) is 5.95 Å². The summed E-state index contributed by atoms with van der Waals surface area (Å²) in [7, 11) is 0. The maximum absolute atomic E-state index is 13.3. The van der Waals surface area contributed by atoms with Gasteiger partial charge in [-0.25, -0.2) is 9.97 Å². The Morgan fingerprint density at radius 1 is 0.900 bits per heavy atom. The lowest BCUT2D eigenvalue weighted by molar-refractivity contribution is -0.137. The van der Waals surface area contributed by atoms with Gasteiger partial charge in [0.15, 0.2) is 0 Å². The van der Waals surface area contributed by atoms with E-state index in [-0.39, 0.29) is 11.5 Å². The number of rotatable bonds is 4. The number of aromatic nitrogens is 2. The number of benzene rings is 2. The molecule has 1 aromatic heterocycles. The topological polar surface area (TPSA) is 49.2 Å². The van der Waals surface area contributed by atoms with Gasteiger partial charge in [-0.1, -0.05) is 42.5 Å². The van der Waals surface area contributed by atoms with Crippen LogP contribution in [-0.2, 0) is 6.18 Å². The standard InChI is InChI=1S/C23H22F3N3O/c24-23(25,26)20-5-2-1-4-19(20)16-6-8-17(9-7-16)21(30)18-10-14-29(15-11-18)22-27-12-3-13-28-22/h1-9,12-13,18,21,30H,10-11,14-15H2. The number of hydrogen-bond acceptors (Lipinski definition) is 4. The van der Waals surface area contributed by atoms with Crippen molar-refractivity contribution in [2.45, 2.75) is 25.1 Å². The fourth-order valence-corrected chi connectivity index (χ4v) is 3.98. The Balaban J connectivity index is 1.45. The number of alkyl halides is 3. The van der Waals surface area contributed by atoms with Crippen LogP contribution in [0.3, 0.4) is 0 Å². The van der Waals surface area contributed by atoms with Crippen LogP contribution in [0.4, 0.5) is 19.1 Å². The van der Waals surface area contributed by atoms with E-state index in [9.17, 15) is 18.3 Å². The molecule has 1 N–H and O–H groups in total. The van der Waals surface area contributed by atoms with E-state index >= 15 is 0 Å². The fourth-order valence-electron chi connectivity index (χ4n) is 3.98. The van der Waals surface area contributed by atoms with Gasteiger partial charge in [-0.3, -0.25) is 0 Å². The van der Waals surface area contributed by atoms with Crippen LogP contribution in [0.2, 0.25) is 0 Å². The number of piperidine rings is 1. The van der Waals surface area contributed by atoms with Crippen LogP contribution in [0.1, 0.15) is 30.1 Å². The summed E-state index contributed by atoms with van der Waals surface area (Å²) >= 11 is 0. The molecule has 1 atom stereocenters. The predicted octanol–water partition coefficient (Wildman–Crippen LogP) is 5.11. The molecule has 1 aliphatic heterocycles. The van der Waals surface area contributed by atoms with Gasteiger partial charge in [0.1, 0.15) is 0 Å². The third kappa shape index (κ3) is 4.31. The number of aliphatic hydroxyl groups is 1. The first kappa shape index (κ1) is 20.3. The summed E-state index contributed by atoms with van der Waals surface area (Å²) in [4.78, 5) is 10.6. The molecule has 2 aromatic carbocycles. The lowest BCUT2D eigenvalue weighted by Gasteiger charge is -2.34. The number of nitrogens with zero attached hydrogens (tertiary/aromatic N) is 3. The quantitative estimate of drug-likeness (QED) is 0.646. The zero-order valence-electron chi connectivity index (χ0n) is 16.3. The van der Waals surface area contributed by atoms with Gasteiger partial charge < -0.3 is 10.0 Å². The van der Waals surface area contributed by atoms with Crippen LogP contribution < -0.4 is 4.90 Å². The third-order valence-electron chi connectivity index (χ3n) is 5.62. The van der Waals surface area contributed by atoms with Gasteiger partial charge in [-0.15, -0.1) is 0 Å². The molecule has 4 nitrogen and oxygen atoms in total. The van der Waals surface area contributed by atoms with E-state index in [1.807, 2.05) is 0 Å². The highest BCUT2D eigenvalue weighted by molar-refractivity contribution is 5.68. The Kier molecular flexibility index (Phi) is 5.72. The van der Waals surface area contributed by atoms with Crippen LogP contribution in [0.15, 0.2) is 67.0 Å². The first-order valence-corrected chi connectivity index (χ1v) is 9.90. The predicted molar refractivity (Wildman–Crippen MR) is 109 cm³/mol. The van der Waals surface area contributed by atoms with Gasteiger partial charge in [-0.05, 0) is 47.6 Å². The van der Waals surface area contributed by atoms with Crippen LogP contribution in [0.25, 0.3) is 11.1 Å². The van der Waals surface area contributed by atoms with E-state index < -0.39 is 17.8 Å².